The third kappa shape index (κ3) is 3.17. The highest BCUT2D eigenvalue weighted by molar-refractivity contribution is 5.87. The molecule has 0 bridgehead atoms. The molecule has 1 N–H and O–H groups in total. The maximum Gasteiger partial charge on any atom is 0.347 e. The number of aromatic nitrogens is 2. The molecule has 0 radical (unpaired) electrons. The Morgan fingerprint density at radius 1 is 1.23 bits per heavy atom. The van der Waals surface area contributed by atoms with Gasteiger partial charge in [0.1, 0.15) is 22.7 Å². The number of aryl methyl sites for hydroxylation is 1. The summed E-state index contributed by atoms with van der Waals surface area (Å²) in [4.78, 5) is 19.9. The number of hydrogen-bond donors (Lipinski definition) is 1. The van der Waals surface area contributed by atoms with E-state index >= 15 is 0 Å². The monoisotopic (exact) mass is 403 g/mol. The van der Waals surface area contributed by atoms with Gasteiger partial charge in [-0.15, -0.1) is 0 Å². The van der Waals surface area contributed by atoms with Crippen LogP contribution in [0.5, 0.6) is 5.75 Å². The fraction of sp³-hybridized carbons (Fsp3) is 0.333. The second-order valence-electron chi connectivity index (χ2n) is 8.39. The highest BCUT2D eigenvalue weighted by atomic mass is 16.4. The number of rotatable bonds is 3. The highest BCUT2D eigenvalue weighted by Crippen LogP contribution is 2.31. The summed E-state index contributed by atoms with van der Waals surface area (Å²) < 4.78 is 7.69. The summed E-state index contributed by atoms with van der Waals surface area (Å²) in [5.74, 6) is 1.37. The number of likely N-dealkylation sites (tertiary alicyclic amines) is 1. The number of benzene rings is 2. The number of aromatic hydroxyl groups is 1. The first-order chi connectivity index (χ1) is 14.5. The number of phenols is 1. The normalized spacial score (nSPS) is 17.7. The topological polar surface area (TPSA) is 71.5 Å². The summed E-state index contributed by atoms with van der Waals surface area (Å²) in [6, 6.07) is 13.1. The van der Waals surface area contributed by atoms with Crippen LogP contribution < -0.4 is 5.63 Å². The second kappa shape index (κ2) is 7.29. The van der Waals surface area contributed by atoms with E-state index in [4.69, 9.17) is 4.42 Å². The van der Waals surface area contributed by atoms with Crippen molar-refractivity contribution in [3.8, 4) is 17.1 Å². The first kappa shape index (κ1) is 18.9. The molecule has 1 saturated heterocycles. The molecular formula is C24H25N3O3. The van der Waals surface area contributed by atoms with E-state index in [1.165, 1.54) is 6.42 Å². The lowest BCUT2D eigenvalue weighted by molar-refractivity contribution is 0.175. The number of fused-ring (bicyclic) bond motifs is 2. The molecule has 0 saturated carbocycles. The molecule has 2 aromatic carbocycles. The van der Waals surface area contributed by atoms with Crippen molar-refractivity contribution in [2.75, 3.05) is 13.1 Å². The van der Waals surface area contributed by atoms with Crippen molar-refractivity contribution in [1.82, 2.24) is 14.5 Å². The van der Waals surface area contributed by atoms with Gasteiger partial charge < -0.3 is 14.1 Å². The number of piperidine rings is 1. The predicted molar refractivity (Wildman–Crippen MR) is 118 cm³/mol. The van der Waals surface area contributed by atoms with E-state index in [1.807, 2.05) is 41.9 Å². The fourth-order valence-electron chi connectivity index (χ4n) is 4.58. The Morgan fingerprint density at radius 2 is 2.07 bits per heavy atom. The molecule has 0 aliphatic carbocycles. The third-order valence-electron chi connectivity index (χ3n) is 6.13. The number of imidazole rings is 1. The van der Waals surface area contributed by atoms with Crippen molar-refractivity contribution in [3.05, 3.63) is 58.4 Å². The summed E-state index contributed by atoms with van der Waals surface area (Å²) >= 11 is 0. The van der Waals surface area contributed by atoms with E-state index in [2.05, 4.69) is 16.8 Å². The molecule has 1 aliphatic heterocycles. The Labute approximate surface area is 174 Å². The zero-order chi connectivity index (χ0) is 20.8. The lowest BCUT2D eigenvalue weighted by Gasteiger charge is -2.31. The van der Waals surface area contributed by atoms with Crippen molar-refractivity contribution in [2.45, 2.75) is 26.3 Å². The number of nitrogens with zero attached hydrogens (tertiary/aromatic N) is 3. The van der Waals surface area contributed by atoms with Crippen LogP contribution in [0.1, 0.15) is 25.3 Å². The minimum absolute atomic E-state index is 0.166. The quantitative estimate of drug-likeness (QED) is 0.517. The molecule has 4 aromatic rings. The maximum absolute atomic E-state index is 13.0. The summed E-state index contributed by atoms with van der Waals surface area (Å²) in [5.41, 5.74) is 2.90. The molecule has 6 nitrogen and oxygen atoms in total. The first-order valence-corrected chi connectivity index (χ1v) is 10.4. The summed E-state index contributed by atoms with van der Waals surface area (Å²) in [7, 11) is 1.90. The van der Waals surface area contributed by atoms with Crippen LogP contribution in [0.2, 0.25) is 0 Å². The lowest BCUT2D eigenvalue weighted by atomic mass is 9.99. The van der Waals surface area contributed by atoms with Gasteiger partial charge in [0.05, 0.1) is 16.6 Å². The number of para-hydroxylation sites is 2. The molecule has 0 amide bonds. The molecule has 2 aromatic heterocycles. The van der Waals surface area contributed by atoms with Crippen LogP contribution in [-0.2, 0) is 13.6 Å². The standard InChI is InChI=1S/C24H25N3O3/c1-15-6-5-11-27(13-15)14-18-21(28)10-9-16-12-17(24(29)30-22(16)18)23-25-19-7-3-4-8-20(19)26(23)2/h3-4,7-10,12,15,28H,5-6,11,13-14H2,1-2H3/t15-/m0/s1. The van der Waals surface area contributed by atoms with Crippen LogP contribution in [0.15, 0.2) is 51.7 Å². The Balaban J connectivity index is 1.61. The van der Waals surface area contributed by atoms with E-state index in [-0.39, 0.29) is 5.75 Å². The van der Waals surface area contributed by atoms with Gasteiger partial charge >= 0.3 is 5.63 Å². The van der Waals surface area contributed by atoms with Gasteiger partial charge in [-0.2, -0.15) is 0 Å². The van der Waals surface area contributed by atoms with Crippen LogP contribution in [0, 0.1) is 5.92 Å². The van der Waals surface area contributed by atoms with Gasteiger partial charge in [-0.1, -0.05) is 19.1 Å². The summed E-state index contributed by atoms with van der Waals surface area (Å²) in [6.45, 7) is 4.79. The minimum atomic E-state index is -0.445. The van der Waals surface area contributed by atoms with Gasteiger partial charge in [-0.25, -0.2) is 9.78 Å². The summed E-state index contributed by atoms with van der Waals surface area (Å²) in [5, 5.41) is 11.3. The smallest absolute Gasteiger partial charge is 0.347 e. The summed E-state index contributed by atoms with van der Waals surface area (Å²) in [6.07, 6.45) is 2.38. The molecule has 6 heteroatoms. The van der Waals surface area contributed by atoms with Gasteiger partial charge in [0.2, 0.25) is 0 Å². The molecule has 0 unspecified atom stereocenters. The van der Waals surface area contributed by atoms with Gasteiger partial charge in [-0.05, 0) is 55.6 Å². The number of hydrogen-bond acceptors (Lipinski definition) is 5. The predicted octanol–water partition coefficient (Wildman–Crippen LogP) is 4.28. The molecule has 1 aliphatic rings. The Bertz CT molecular complexity index is 1300. The average Bonchev–Trinajstić information content (AvgIpc) is 3.07. The molecular weight excluding hydrogens is 378 g/mol. The molecule has 0 spiro atoms. The Kier molecular flexibility index (Phi) is 4.59. The number of phenolic OH excluding ortho intramolecular Hbond substituents is 1. The molecule has 1 fully saturated rings. The Morgan fingerprint density at radius 3 is 2.87 bits per heavy atom. The van der Waals surface area contributed by atoms with Crippen LogP contribution in [0.25, 0.3) is 33.4 Å². The van der Waals surface area contributed by atoms with Gasteiger partial charge in [0.25, 0.3) is 0 Å². The van der Waals surface area contributed by atoms with Crippen LogP contribution >= 0.6 is 0 Å². The van der Waals surface area contributed by atoms with Crippen molar-refractivity contribution in [3.63, 3.8) is 0 Å². The Hall–Kier alpha value is -3.12. The third-order valence-corrected chi connectivity index (χ3v) is 6.13. The SMILES string of the molecule is C[C@H]1CCCN(Cc2c(O)ccc3cc(-c4nc5ccccc5n4C)c(=O)oc23)C1. The van der Waals surface area contributed by atoms with Crippen LogP contribution in [-0.4, -0.2) is 32.6 Å². The largest absolute Gasteiger partial charge is 0.507 e. The molecule has 3 heterocycles. The van der Waals surface area contributed by atoms with Crippen molar-refractivity contribution in [2.24, 2.45) is 13.0 Å². The van der Waals surface area contributed by atoms with Crippen LogP contribution in [0.4, 0.5) is 0 Å². The first-order valence-electron chi connectivity index (χ1n) is 10.4. The van der Waals surface area contributed by atoms with Crippen molar-refractivity contribution < 1.29 is 9.52 Å². The highest BCUT2D eigenvalue weighted by Gasteiger charge is 2.21. The average molecular weight is 403 g/mol. The molecule has 30 heavy (non-hydrogen) atoms. The lowest BCUT2D eigenvalue weighted by Crippen LogP contribution is -2.33. The van der Waals surface area contributed by atoms with Gasteiger partial charge in [0.15, 0.2) is 0 Å². The van der Waals surface area contributed by atoms with Crippen molar-refractivity contribution >= 4 is 22.0 Å². The zero-order valence-corrected chi connectivity index (χ0v) is 17.3. The van der Waals surface area contributed by atoms with E-state index in [0.717, 1.165) is 35.9 Å². The molecule has 154 valence electrons. The fourth-order valence-corrected chi connectivity index (χ4v) is 4.58. The van der Waals surface area contributed by atoms with E-state index < -0.39 is 5.63 Å². The van der Waals surface area contributed by atoms with E-state index in [9.17, 15) is 9.90 Å². The van der Waals surface area contributed by atoms with Gasteiger partial charge in [-0.3, -0.25) is 4.90 Å². The van der Waals surface area contributed by atoms with Gasteiger partial charge in [0, 0.05) is 25.5 Å². The molecule has 5 rings (SSSR count). The van der Waals surface area contributed by atoms with E-state index in [0.29, 0.717) is 35.0 Å². The van der Waals surface area contributed by atoms with Crippen molar-refractivity contribution in [1.29, 1.82) is 0 Å². The minimum Gasteiger partial charge on any atom is -0.507 e. The maximum atomic E-state index is 13.0. The zero-order valence-electron chi connectivity index (χ0n) is 17.3. The molecule has 1 atom stereocenters. The van der Waals surface area contributed by atoms with E-state index in [1.54, 1.807) is 12.1 Å². The second-order valence-corrected chi connectivity index (χ2v) is 8.39. The van der Waals surface area contributed by atoms with Crippen LogP contribution in [0.3, 0.4) is 0 Å².